The number of carboxylic acids is 1. The van der Waals surface area contributed by atoms with Crippen molar-refractivity contribution in [2.45, 2.75) is 27.2 Å². The number of ether oxygens (including phenoxy) is 1. The largest absolute Gasteiger partial charge is 0.478 e. The number of benzene rings is 1. The first-order valence-electron chi connectivity index (χ1n) is 7.11. The van der Waals surface area contributed by atoms with E-state index in [2.05, 4.69) is 19.2 Å². The summed E-state index contributed by atoms with van der Waals surface area (Å²) >= 11 is 0. The van der Waals surface area contributed by atoms with Crippen LogP contribution in [-0.2, 0) is 4.74 Å². The first kappa shape index (κ1) is 17.2. The average Bonchev–Trinajstić information content (AvgIpc) is 2.41. The van der Waals surface area contributed by atoms with Gasteiger partial charge in [0.15, 0.2) is 0 Å². The lowest BCUT2D eigenvalue weighted by molar-refractivity contribution is 0.0696. The molecule has 0 atom stereocenters. The van der Waals surface area contributed by atoms with E-state index in [0.717, 1.165) is 12.0 Å². The van der Waals surface area contributed by atoms with Crippen molar-refractivity contribution in [2.24, 2.45) is 5.92 Å². The van der Waals surface area contributed by atoms with Gasteiger partial charge >= 0.3 is 5.97 Å². The van der Waals surface area contributed by atoms with E-state index in [1.165, 1.54) is 6.07 Å². The van der Waals surface area contributed by atoms with Gasteiger partial charge in [0.1, 0.15) is 0 Å². The van der Waals surface area contributed by atoms with Gasteiger partial charge in [-0.05, 0) is 43.0 Å². The second-order valence-electron chi connectivity index (χ2n) is 5.47. The highest BCUT2D eigenvalue weighted by Gasteiger charge is 2.10. The van der Waals surface area contributed by atoms with Crippen molar-refractivity contribution in [3.05, 3.63) is 34.9 Å². The molecule has 0 spiro atoms. The van der Waals surface area contributed by atoms with Gasteiger partial charge in [-0.2, -0.15) is 0 Å². The summed E-state index contributed by atoms with van der Waals surface area (Å²) in [7, 11) is 0. The van der Waals surface area contributed by atoms with Crippen LogP contribution in [0.4, 0.5) is 0 Å². The number of amides is 1. The lowest BCUT2D eigenvalue weighted by atomic mass is 10.1. The molecule has 1 rings (SSSR count). The highest BCUT2D eigenvalue weighted by molar-refractivity contribution is 5.97. The van der Waals surface area contributed by atoms with Crippen molar-refractivity contribution in [3.8, 4) is 0 Å². The lowest BCUT2D eigenvalue weighted by Crippen LogP contribution is -2.25. The fraction of sp³-hybridized carbons (Fsp3) is 0.500. The molecule has 0 unspecified atom stereocenters. The zero-order valence-corrected chi connectivity index (χ0v) is 12.8. The highest BCUT2D eigenvalue weighted by atomic mass is 16.5. The Kier molecular flexibility index (Phi) is 6.88. The number of carbonyl (C=O) groups excluding carboxylic acids is 1. The van der Waals surface area contributed by atoms with Crippen LogP contribution in [0, 0.1) is 12.8 Å². The van der Waals surface area contributed by atoms with Gasteiger partial charge in [-0.25, -0.2) is 4.79 Å². The van der Waals surface area contributed by atoms with Crippen molar-refractivity contribution in [3.63, 3.8) is 0 Å². The molecular formula is C16H23NO4. The van der Waals surface area contributed by atoms with Crippen LogP contribution in [0.25, 0.3) is 0 Å². The summed E-state index contributed by atoms with van der Waals surface area (Å²) in [6.45, 7) is 7.76. The molecule has 2 N–H and O–H groups in total. The van der Waals surface area contributed by atoms with E-state index in [1.54, 1.807) is 19.1 Å². The van der Waals surface area contributed by atoms with Gasteiger partial charge in [-0.1, -0.05) is 13.8 Å². The maximum absolute atomic E-state index is 12.0. The van der Waals surface area contributed by atoms with Crippen LogP contribution in [0.15, 0.2) is 18.2 Å². The number of carboxylic acid groups (broad SMARTS) is 1. The topological polar surface area (TPSA) is 75.6 Å². The third-order valence-corrected chi connectivity index (χ3v) is 2.79. The number of carbonyl (C=O) groups is 2. The summed E-state index contributed by atoms with van der Waals surface area (Å²) in [5.41, 5.74) is 1.25. The Morgan fingerprint density at radius 3 is 2.52 bits per heavy atom. The molecule has 5 heteroatoms. The minimum Gasteiger partial charge on any atom is -0.478 e. The summed E-state index contributed by atoms with van der Waals surface area (Å²) in [6.07, 6.45) is 0.732. The molecule has 1 amide bonds. The predicted octanol–water partition coefficient (Wildman–Crippen LogP) is 2.49. The van der Waals surface area contributed by atoms with Gasteiger partial charge in [0.2, 0.25) is 0 Å². The Morgan fingerprint density at radius 1 is 1.24 bits per heavy atom. The standard InChI is InChI=1S/C16H23NO4/c1-11(2)10-21-6-4-5-17-15(18)13-7-12(3)8-14(9-13)16(19)20/h7-9,11H,4-6,10H2,1-3H3,(H,17,18)(H,19,20). The average molecular weight is 293 g/mol. The highest BCUT2D eigenvalue weighted by Crippen LogP contribution is 2.10. The van der Waals surface area contributed by atoms with Gasteiger partial charge in [0, 0.05) is 25.3 Å². The van der Waals surface area contributed by atoms with Crippen LogP contribution < -0.4 is 5.32 Å². The number of aromatic carboxylic acids is 1. The SMILES string of the molecule is Cc1cc(C(=O)O)cc(C(=O)NCCCOCC(C)C)c1. The monoisotopic (exact) mass is 293 g/mol. The van der Waals surface area contributed by atoms with Gasteiger partial charge in [0.25, 0.3) is 5.91 Å². The minimum absolute atomic E-state index is 0.125. The van der Waals surface area contributed by atoms with Crippen LogP contribution in [-0.4, -0.2) is 36.7 Å². The zero-order valence-electron chi connectivity index (χ0n) is 12.8. The molecule has 116 valence electrons. The van der Waals surface area contributed by atoms with E-state index >= 15 is 0 Å². The summed E-state index contributed by atoms with van der Waals surface area (Å²) in [6, 6.07) is 4.61. The lowest BCUT2D eigenvalue weighted by Gasteiger charge is -2.09. The maximum atomic E-state index is 12.0. The minimum atomic E-state index is -1.03. The molecule has 0 radical (unpaired) electrons. The van der Waals surface area contributed by atoms with E-state index in [-0.39, 0.29) is 11.5 Å². The van der Waals surface area contributed by atoms with Gasteiger partial charge < -0.3 is 15.2 Å². The normalized spacial score (nSPS) is 10.7. The molecule has 0 aromatic heterocycles. The van der Waals surface area contributed by atoms with Crippen molar-refractivity contribution in [1.29, 1.82) is 0 Å². The summed E-state index contributed by atoms with van der Waals surface area (Å²) < 4.78 is 5.42. The van der Waals surface area contributed by atoms with Crippen LogP contribution in [0.2, 0.25) is 0 Å². The van der Waals surface area contributed by atoms with Crippen LogP contribution >= 0.6 is 0 Å². The molecule has 0 aliphatic carbocycles. The summed E-state index contributed by atoms with van der Waals surface area (Å²) in [5, 5.41) is 11.8. The Hall–Kier alpha value is -1.88. The quantitative estimate of drug-likeness (QED) is 0.722. The van der Waals surface area contributed by atoms with E-state index in [1.807, 2.05) is 0 Å². The molecule has 5 nitrogen and oxygen atoms in total. The first-order valence-corrected chi connectivity index (χ1v) is 7.11. The first-order chi connectivity index (χ1) is 9.90. The Bertz CT molecular complexity index is 497. The number of aryl methyl sites for hydroxylation is 1. The van der Waals surface area contributed by atoms with Gasteiger partial charge in [-0.15, -0.1) is 0 Å². The van der Waals surface area contributed by atoms with Crippen LogP contribution in [0.3, 0.4) is 0 Å². The third-order valence-electron chi connectivity index (χ3n) is 2.79. The summed E-state index contributed by atoms with van der Waals surface area (Å²) in [4.78, 5) is 22.9. The van der Waals surface area contributed by atoms with Crippen molar-refractivity contribution < 1.29 is 19.4 Å². The van der Waals surface area contributed by atoms with Crippen LogP contribution in [0.1, 0.15) is 46.5 Å². The fourth-order valence-corrected chi connectivity index (χ4v) is 1.83. The third kappa shape index (κ3) is 6.40. The van der Waals surface area contributed by atoms with Crippen molar-refractivity contribution >= 4 is 11.9 Å². The number of nitrogens with one attached hydrogen (secondary N) is 1. The molecule has 1 aromatic rings. The summed E-state index contributed by atoms with van der Waals surface area (Å²) in [5.74, 6) is -0.791. The molecule has 0 aliphatic rings. The Morgan fingerprint density at radius 2 is 1.90 bits per heavy atom. The molecule has 21 heavy (non-hydrogen) atoms. The smallest absolute Gasteiger partial charge is 0.335 e. The zero-order chi connectivity index (χ0) is 15.8. The Labute approximate surface area is 125 Å². The van der Waals surface area contributed by atoms with Gasteiger partial charge in [0.05, 0.1) is 5.56 Å². The van der Waals surface area contributed by atoms with Crippen LogP contribution in [0.5, 0.6) is 0 Å². The predicted molar refractivity (Wildman–Crippen MR) is 80.7 cm³/mol. The Balaban J connectivity index is 2.43. The van der Waals surface area contributed by atoms with E-state index in [9.17, 15) is 9.59 Å². The van der Waals surface area contributed by atoms with E-state index in [0.29, 0.717) is 31.2 Å². The van der Waals surface area contributed by atoms with E-state index in [4.69, 9.17) is 9.84 Å². The fourth-order valence-electron chi connectivity index (χ4n) is 1.83. The van der Waals surface area contributed by atoms with Crippen molar-refractivity contribution in [2.75, 3.05) is 19.8 Å². The second-order valence-corrected chi connectivity index (χ2v) is 5.47. The number of hydrogen-bond acceptors (Lipinski definition) is 3. The molecular weight excluding hydrogens is 270 g/mol. The molecule has 0 saturated carbocycles. The van der Waals surface area contributed by atoms with E-state index < -0.39 is 5.97 Å². The maximum Gasteiger partial charge on any atom is 0.335 e. The molecule has 0 aliphatic heterocycles. The molecule has 0 bridgehead atoms. The molecule has 0 fully saturated rings. The van der Waals surface area contributed by atoms with Crippen molar-refractivity contribution in [1.82, 2.24) is 5.32 Å². The molecule has 1 aromatic carbocycles. The molecule has 0 heterocycles. The second kappa shape index (κ2) is 8.42. The molecule has 0 saturated heterocycles. The number of rotatable bonds is 8. The number of hydrogen-bond donors (Lipinski definition) is 2. The van der Waals surface area contributed by atoms with Gasteiger partial charge in [-0.3, -0.25) is 4.79 Å².